The molecule has 1 aromatic heterocycles. The molecule has 8 heteroatoms. The molecule has 0 spiro atoms. The van der Waals surface area contributed by atoms with E-state index in [9.17, 15) is 13.2 Å². The Morgan fingerprint density at radius 1 is 1.38 bits per heavy atom. The van der Waals surface area contributed by atoms with Crippen molar-refractivity contribution in [3.8, 4) is 0 Å². The normalized spacial score (nSPS) is 11.7. The van der Waals surface area contributed by atoms with Crippen LogP contribution in [0.5, 0.6) is 0 Å². The first kappa shape index (κ1) is 14.8. The molecule has 0 fully saturated rings. The third-order valence-corrected chi connectivity index (χ3v) is 4.00. The van der Waals surface area contributed by atoms with Crippen molar-refractivity contribution in [1.82, 2.24) is 9.78 Å². The average Bonchev–Trinajstić information content (AvgIpc) is 2.82. The van der Waals surface area contributed by atoms with Crippen molar-refractivity contribution in [2.24, 2.45) is 7.05 Å². The van der Waals surface area contributed by atoms with Crippen molar-refractivity contribution in [3.63, 3.8) is 0 Å². The largest absolute Gasteiger partial charge is 0.478 e. The van der Waals surface area contributed by atoms with Crippen LogP contribution in [0.2, 0.25) is 0 Å². The number of aryl methyl sites for hydroxylation is 1. The van der Waals surface area contributed by atoms with Gasteiger partial charge in [-0.1, -0.05) is 12.1 Å². The van der Waals surface area contributed by atoms with E-state index in [2.05, 4.69) is 9.82 Å². The lowest BCUT2D eigenvalue weighted by Crippen LogP contribution is -2.15. The van der Waals surface area contributed by atoms with E-state index in [4.69, 9.17) is 5.11 Å². The molecule has 2 rings (SSSR count). The van der Waals surface area contributed by atoms with E-state index in [-0.39, 0.29) is 4.90 Å². The van der Waals surface area contributed by atoms with Crippen LogP contribution in [0, 0.1) is 0 Å². The number of carboxylic acid groups (broad SMARTS) is 1. The lowest BCUT2D eigenvalue weighted by Gasteiger charge is -2.08. The monoisotopic (exact) mass is 307 g/mol. The summed E-state index contributed by atoms with van der Waals surface area (Å²) in [6, 6.07) is 7.50. The molecular formula is C13H13N3O4S. The molecule has 0 aliphatic carbocycles. The minimum atomic E-state index is -3.76. The van der Waals surface area contributed by atoms with Crippen molar-refractivity contribution in [2.75, 3.05) is 4.72 Å². The highest BCUT2D eigenvalue weighted by Gasteiger charge is 2.15. The van der Waals surface area contributed by atoms with Gasteiger partial charge in [0.25, 0.3) is 10.0 Å². The molecule has 110 valence electrons. The Morgan fingerprint density at radius 2 is 2.14 bits per heavy atom. The van der Waals surface area contributed by atoms with Gasteiger partial charge in [0.2, 0.25) is 0 Å². The van der Waals surface area contributed by atoms with Crippen molar-refractivity contribution < 1.29 is 18.3 Å². The first-order chi connectivity index (χ1) is 9.88. The van der Waals surface area contributed by atoms with Crippen molar-refractivity contribution >= 4 is 27.9 Å². The molecule has 0 saturated heterocycles. The Hall–Kier alpha value is -2.61. The van der Waals surface area contributed by atoms with E-state index < -0.39 is 16.0 Å². The predicted molar refractivity (Wildman–Crippen MR) is 77.1 cm³/mol. The maximum atomic E-state index is 12.2. The Morgan fingerprint density at radius 3 is 2.76 bits per heavy atom. The molecule has 0 radical (unpaired) electrons. The fraction of sp³-hybridized carbons (Fsp3) is 0.0769. The van der Waals surface area contributed by atoms with Crippen LogP contribution in [-0.4, -0.2) is 29.3 Å². The SMILES string of the molecule is Cn1nccc1NS(=O)(=O)c1cccc(C=CC(=O)O)c1. The van der Waals surface area contributed by atoms with Crippen LogP contribution in [0.15, 0.2) is 47.5 Å². The molecule has 2 aromatic rings. The number of hydrogen-bond acceptors (Lipinski definition) is 4. The zero-order valence-electron chi connectivity index (χ0n) is 11.1. The van der Waals surface area contributed by atoms with Gasteiger partial charge in [0, 0.05) is 19.2 Å². The predicted octanol–water partition coefficient (Wildman–Crippen LogP) is 1.32. The molecular weight excluding hydrogens is 294 g/mol. The second-order valence-corrected chi connectivity index (χ2v) is 5.87. The number of nitrogens with one attached hydrogen (secondary N) is 1. The maximum absolute atomic E-state index is 12.2. The zero-order valence-corrected chi connectivity index (χ0v) is 11.9. The third-order valence-electron chi connectivity index (χ3n) is 2.65. The average molecular weight is 307 g/mol. The Balaban J connectivity index is 2.30. The number of nitrogens with zero attached hydrogens (tertiary/aromatic N) is 2. The number of sulfonamides is 1. The molecule has 0 bridgehead atoms. The second-order valence-electron chi connectivity index (χ2n) is 4.19. The van der Waals surface area contributed by atoms with Gasteiger partial charge in [-0.2, -0.15) is 5.10 Å². The second kappa shape index (κ2) is 5.80. The van der Waals surface area contributed by atoms with Crippen LogP contribution in [0.25, 0.3) is 6.08 Å². The van der Waals surface area contributed by atoms with E-state index in [1.165, 1.54) is 35.2 Å². The summed E-state index contributed by atoms with van der Waals surface area (Å²) in [4.78, 5) is 10.5. The highest BCUT2D eigenvalue weighted by Crippen LogP contribution is 2.17. The van der Waals surface area contributed by atoms with Crippen molar-refractivity contribution in [1.29, 1.82) is 0 Å². The number of aromatic nitrogens is 2. The van der Waals surface area contributed by atoms with Crippen molar-refractivity contribution in [3.05, 3.63) is 48.2 Å². The fourth-order valence-corrected chi connectivity index (χ4v) is 2.77. The van der Waals surface area contributed by atoms with Crippen LogP contribution in [0.3, 0.4) is 0 Å². The van der Waals surface area contributed by atoms with Crippen LogP contribution in [0.4, 0.5) is 5.82 Å². The molecule has 1 heterocycles. The van der Waals surface area contributed by atoms with Crippen molar-refractivity contribution in [2.45, 2.75) is 4.90 Å². The zero-order chi connectivity index (χ0) is 15.5. The summed E-state index contributed by atoms with van der Waals surface area (Å²) < 4.78 is 28.3. The number of carbonyl (C=O) groups is 1. The molecule has 21 heavy (non-hydrogen) atoms. The summed E-state index contributed by atoms with van der Waals surface area (Å²) in [6.45, 7) is 0. The molecule has 0 amide bonds. The summed E-state index contributed by atoms with van der Waals surface area (Å²) in [7, 11) is -2.14. The highest BCUT2D eigenvalue weighted by molar-refractivity contribution is 7.92. The van der Waals surface area contributed by atoms with Gasteiger partial charge in [-0.05, 0) is 23.8 Å². The number of anilines is 1. The Kier molecular flexibility index (Phi) is 4.08. The van der Waals surface area contributed by atoms with Gasteiger partial charge < -0.3 is 5.11 Å². The van der Waals surface area contributed by atoms with E-state index in [0.29, 0.717) is 11.4 Å². The quantitative estimate of drug-likeness (QED) is 0.811. The van der Waals surface area contributed by atoms with Gasteiger partial charge in [-0.15, -0.1) is 0 Å². The molecule has 2 N–H and O–H groups in total. The molecule has 0 atom stereocenters. The number of hydrogen-bond donors (Lipinski definition) is 2. The lowest BCUT2D eigenvalue weighted by molar-refractivity contribution is -0.131. The van der Waals surface area contributed by atoms with Crippen LogP contribution >= 0.6 is 0 Å². The van der Waals surface area contributed by atoms with Gasteiger partial charge in [-0.25, -0.2) is 13.2 Å². The number of carboxylic acids is 1. The first-order valence-electron chi connectivity index (χ1n) is 5.90. The van der Waals surface area contributed by atoms with Crippen LogP contribution in [0.1, 0.15) is 5.56 Å². The molecule has 0 aliphatic heterocycles. The first-order valence-corrected chi connectivity index (χ1v) is 7.39. The number of benzene rings is 1. The number of aliphatic carboxylic acids is 1. The van der Waals surface area contributed by atoms with Gasteiger partial charge in [-0.3, -0.25) is 9.40 Å². The summed E-state index contributed by atoms with van der Waals surface area (Å²) in [6.07, 6.45) is 3.75. The van der Waals surface area contributed by atoms with Gasteiger partial charge in [0.05, 0.1) is 11.1 Å². The minimum absolute atomic E-state index is 0.0382. The number of rotatable bonds is 5. The molecule has 0 aliphatic rings. The lowest BCUT2D eigenvalue weighted by atomic mass is 10.2. The van der Waals surface area contributed by atoms with Gasteiger partial charge >= 0.3 is 5.97 Å². The Bertz CT molecular complexity index is 793. The minimum Gasteiger partial charge on any atom is -0.478 e. The molecule has 0 saturated carbocycles. The highest BCUT2D eigenvalue weighted by atomic mass is 32.2. The van der Waals surface area contributed by atoms with E-state index in [0.717, 1.165) is 6.08 Å². The fourth-order valence-electron chi connectivity index (χ4n) is 1.62. The van der Waals surface area contributed by atoms with Gasteiger partial charge in [0.1, 0.15) is 5.82 Å². The Labute approximate surface area is 121 Å². The summed E-state index contributed by atoms with van der Waals surface area (Å²) in [5.41, 5.74) is 0.477. The molecule has 7 nitrogen and oxygen atoms in total. The smallest absolute Gasteiger partial charge is 0.328 e. The van der Waals surface area contributed by atoms with E-state index in [1.807, 2.05) is 0 Å². The topological polar surface area (TPSA) is 101 Å². The molecule has 1 aromatic carbocycles. The third kappa shape index (κ3) is 3.69. The van der Waals surface area contributed by atoms with Gasteiger partial charge in [0.15, 0.2) is 0 Å². The summed E-state index contributed by atoms with van der Waals surface area (Å²) in [5.74, 6) is -0.766. The van der Waals surface area contributed by atoms with E-state index >= 15 is 0 Å². The summed E-state index contributed by atoms with van der Waals surface area (Å²) >= 11 is 0. The standard InChI is InChI=1S/C13H13N3O4S/c1-16-12(7-8-14-16)15-21(19,20)11-4-2-3-10(9-11)5-6-13(17)18/h2-9,15H,1H3,(H,17,18). The summed E-state index contributed by atoms with van der Waals surface area (Å²) in [5, 5.41) is 12.5. The molecule has 0 unspecified atom stereocenters. The van der Waals surface area contributed by atoms with Crippen LogP contribution < -0.4 is 4.72 Å². The maximum Gasteiger partial charge on any atom is 0.328 e. The van der Waals surface area contributed by atoms with E-state index in [1.54, 1.807) is 19.2 Å². The van der Waals surface area contributed by atoms with Crippen LogP contribution in [-0.2, 0) is 21.9 Å².